The molecule has 22 heteroatoms. The molecule has 12 heterocycles. The minimum absolute atomic E-state index is 0.199. The highest BCUT2D eigenvalue weighted by molar-refractivity contribution is 5.86. The van der Waals surface area contributed by atoms with E-state index in [-0.39, 0.29) is 23.9 Å². The molecular formula is C69H72F3N19. The maximum absolute atomic E-state index is 15.2. The van der Waals surface area contributed by atoms with E-state index >= 15 is 13.2 Å². The number of rotatable bonds is 8. The van der Waals surface area contributed by atoms with Gasteiger partial charge >= 0.3 is 0 Å². The average Bonchev–Trinajstić information content (AvgIpc) is 1.78. The number of likely N-dealkylation sites (tertiary alicyclic amines) is 2. The molecule has 0 aliphatic carbocycles. The van der Waals surface area contributed by atoms with Crippen LogP contribution in [0, 0.1) is 63.4 Å². The summed E-state index contributed by atoms with van der Waals surface area (Å²) in [4.78, 5) is 18.2. The molecule has 0 spiro atoms. The molecule has 19 nitrogen and oxygen atoms in total. The lowest BCUT2D eigenvalue weighted by molar-refractivity contribution is 0.299. The number of hydrogen-bond acceptors (Lipinski definition) is 16. The molecule has 91 heavy (non-hydrogen) atoms. The van der Waals surface area contributed by atoms with E-state index < -0.39 is 0 Å². The second kappa shape index (κ2) is 25.9. The number of nitrogens with zero attached hydrogens (tertiary/aromatic N) is 18. The van der Waals surface area contributed by atoms with Crippen molar-refractivity contribution in [2.75, 3.05) is 52.9 Å². The molecule has 2 atom stereocenters. The Labute approximate surface area is 524 Å². The molecule has 0 bridgehead atoms. The van der Waals surface area contributed by atoms with Gasteiger partial charge in [0.25, 0.3) is 0 Å². The van der Waals surface area contributed by atoms with E-state index in [2.05, 4.69) is 96.0 Å². The number of piperidine rings is 1. The van der Waals surface area contributed by atoms with Crippen LogP contribution in [-0.2, 0) is 6.42 Å². The van der Waals surface area contributed by atoms with Crippen molar-refractivity contribution in [3.05, 3.63) is 160 Å². The summed E-state index contributed by atoms with van der Waals surface area (Å²) in [7, 11) is 2.15. The smallest absolute Gasteiger partial charge is 0.158 e. The van der Waals surface area contributed by atoms with Crippen LogP contribution in [0.15, 0.2) is 91.4 Å². The highest BCUT2D eigenvalue weighted by Gasteiger charge is 2.24. The largest absolute Gasteiger partial charge is 0.317 e. The van der Waals surface area contributed by atoms with Gasteiger partial charge in [-0.25, -0.2) is 41.7 Å². The fourth-order valence-corrected chi connectivity index (χ4v) is 13.1. The van der Waals surface area contributed by atoms with Gasteiger partial charge < -0.3 is 15.1 Å². The maximum atomic E-state index is 15.2. The van der Waals surface area contributed by atoms with Gasteiger partial charge in [0, 0.05) is 56.2 Å². The van der Waals surface area contributed by atoms with Gasteiger partial charge in [-0.05, 0) is 223 Å². The van der Waals surface area contributed by atoms with E-state index in [1.807, 2.05) is 89.5 Å². The molecule has 3 aliphatic rings. The fourth-order valence-electron chi connectivity index (χ4n) is 13.1. The second-order valence-corrected chi connectivity index (χ2v) is 24.8. The van der Waals surface area contributed by atoms with Crippen molar-refractivity contribution >= 4 is 49.7 Å². The number of aryl methyl sites for hydroxylation is 5. The Balaban J connectivity index is 0.000000125. The standard InChI is InChI=1S/C24H27FN6.C23H25FN6.C22H20FN7/c1-4-30-8-5-6-17(7-9-30)21-13-19-20(25)11-18(12-23(19)28-27-21)22-10-15(2)24-26-16(3)14-31(24)29-22;1-14-9-21(28-30-13-15(2)25-23(14)30)17-10-19(24)18-12-20(26-27-22(18)11-17)16-5-4-7-29(3)8-6-16;1-13-12-30-22(26-13)15(2-5-24)9-20(29-30)16-8-18(23)17-11-19(27-28-21(17)10-16)14-3-6-25-7-4-14/h10-14,17H,4-9H2,1-3H3;9-13,16H,4-8H2,1-3H3;8-12,14,25H,2-4,6-7H2,1H3. The molecule has 9 aromatic heterocycles. The van der Waals surface area contributed by atoms with Crippen LogP contribution in [0.2, 0.25) is 0 Å². The van der Waals surface area contributed by atoms with Gasteiger partial charge in [-0.3, -0.25) is 0 Å². The number of fused-ring (bicyclic) bond motifs is 6. The summed E-state index contributed by atoms with van der Waals surface area (Å²) in [5.41, 5.74) is 15.8. The van der Waals surface area contributed by atoms with Crippen LogP contribution in [0.1, 0.15) is 127 Å². The molecule has 3 fully saturated rings. The summed E-state index contributed by atoms with van der Waals surface area (Å²) in [6, 6.07) is 23.6. The van der Waals surface area contributed by atoms with Gasteiger partial charge in [-0.1, -0.05) is 6.92 Å². The Bertz CT molecular complexity index is 4750. The zero-order valence-electron chi connectivity index (χ0n) is 52.4. The summed E-state index contributed by atoms with van der Waals surface area (Å²) in [6.07, 6.45) is 14.2. The van der Waals surface area contributed by atoms with Gasteiger partial charge in [0.2, 0.25) is 0 Å². The van der Waals surface area contributed by atoms with Crippen molar-refractivity contribution in [2.45, 2.75) is 117 Å². The Kier molecular flexibility index (Phi) is 17.2. The van der Waals surface area contributed by atoms with E-state index in [0.717, 1.165) is 159 Å². The maximum Gasteiger partial charge on any atom is 0.158 e. The van der Waals surface area contributed by atoms with Crippen molar-refractivity contribution in [3.63, 3.8) is 0 Å². The van der Waals surface area contributed by atoms with E-state index in [9.17, 15) is 5.26 Å². The second-order valence-electron chi connectivity index (χ2n) is 24.8. The third kappa shape index (κ3) is 12.9. The van der Waals surface area contributed by atoms with Crippen LogP contribution in [0.4, 0.5) is 13.2 Å². The molecule has 12 aromatic rings. The van der Waals surface area contributed by atoms with Crippen molar-refractivity contribution < 1.29 is 13.2 Å². The lowest BCUT2D eigenvalue weighted by Crippen LogP contribution is -2.27. The van der Waals surface area contributed by atoms with Crippen molar-refractivity contribution in [2.24, 2.45) is 0 Å². The predicted molar refractivity (Wildman–Crippen MR) is 345 cm³/mol. The Morgan fingerprint density at radius 1 is 0.484 bits per heavy atom. The van der Waals surface area contributed by atoms with Crippen LogP contribution in [0.3, 0.4) is 0 Å². The molecule has 3 saturated heterocycles. The SMILES string of the molecule is CCN1CCCC(c2cc3c(F)cc(-c4cc(C)c5nc(C)cn5n4)cc3nn2)CC1.Cc1cn2nc(-c3cc(F)c4cc(C5CCCN(C)CC5)nnc4c3)cc(C)c2n1.Cc1cn2nc(-c3cc(F)c4cc(C5CCNCC5)nnc4c3)cc(CC#N)c2n1. The summed E-state index contributed by atoms with van der Waals surface area (Å²) in [5.74, 6) is 0.0629. The molecule has 15 rings (SSSR count). The molecule has 3 aliphatic heterocycles. The summed E-state index contributed by atoms with van der Waals surface area (Å²) < 4.78 is 50.5. The molecule has 2 unspecified atom stereocenters. The van der Waals surface area contributed by atoms with Gasteiger partial charge in [0.05, 0.1) is 98.9 Å². The number of nitrogens with one attached hydrogen (secondary N) is 1. The lowest BCUT2D eigenvalue weighted by atomic mass is 9.93. The average molecular weight is 1220 g/mol. The summed E-state index contributed by atoms with van der Waals surface area (Å²) in [6.45, 7) is 19.2. The fraction of sp³-hybridized carbons (Fsp3) is 0.377. The van der Waals surface area contributed by atoms with Crippen molar-refractivity contribution in [1.29, 1.82) is 5.26 Å². The monoisotopic (exact) mass is 1220 g/mol. The molecule has 0 amide bonds. The van der Waals surface area contributed by atoms with Crippen molar-refractivity contribution in [3.8, 4) is 39.8 Å². The molecule has 3 aromatic carbocycles. The number of hydrogen-bond donors (Lipinski definition) is 1. The first-order chi connectivity index (χ1) is 44.1. The minimum atomic E-state index is -0.349. The summed E-state index contributed by atoms with van der Waals surface area (Å²) in [5, 5.41) is 54.3. The molecule has 0 saturated carbocycles. The third-order valence-corrected chi connectivity index (χ3v) is 18.1. The number of benzene rings is 3. The molecule has 1 N–H and O–H groups in total. The van der Waals surface area contributed by atoms with E-state index in [1.54, 1.807) is 44.0 Å². The zero-order chi connectivity index (χ0) is 63.0. The van der Waals surface area contributed by atoms with Crippen LogP contribution in [0.5, 0.6) is 0 Å². The zero-order valence-corrected chi connectivity index (χ0v) is 52.4. The van der Waals surface area contributed by atoms with Crippen molar-refractivity contribution in [1.82, 2.24) is 89.5 Å². The number of aromatic nitrogens is 15. The number of nitriles is 1. The quantitative estimate of drug-likeness (QED) is 0.150. The topological polar surface area (TPSA) is 210 Å². The Hall–Kier alpha value is -9.30. The first-order valence-electron chi connectivity index (χ1n) is 31.5. The van der Waals surface area contributed by atoms with Gasteiger partial charge in [-0.2, -0.15) is 51.2 Å². The predicted octanol–water partition coefficient (Wildman–Crippen LogP) is 12.3. The van der Waals surface area contributed by atoms with Gasteiger partial charge in [0.15, 0.2) is 16.9 Å². The van der Waals surface area contributed by atoms with Crippen LogP contribution in [0.25, 0.3) is 83.4 Å². The normalized spacial score (nSPS) is 17.1. The number of halogens is 3. The molecule has 0 radical (unpaired) electrons. The first-order valence-corrected chi connectivity index (χ1v) is 31.5. The highest BCUT2D eigenvalue weighted by Crippen LogP contribution is 2.35. The number of imidazole rings is 3. The van der Waals surface area contributed by atoms with Gasteiger partial charge in [-0.15, -0.1) is 0 Å². The molecule has 464 valence electrons. The third-order valence-electron chi connectivity index (χ3n) is 18.1. The van der Waals surface area contributed by atoms with Crippen LogP contribution >= 0.6 is 0 Å². The van der Waals surface area contributed by atoms with E-state index in [1.165, 1.54) is 6.07 Å². The lowest BCUT2D eigenvalue weighted by Gasteiger charge is -2.21. The minimum Gasteiger partial charge on any atom is -0.317 e. The summed E-state index contributed by atoms with van der Waals surface area (Å²) >= 11 is 0. The van der Waals surface area contributed by atoms with E-state index in [4.69, 9.17) is 0 Å². The Morgan fingerprint density at radius 2 is 0.901 bits per heavy atom. The highest BCUT2D eigenvalue weighted by atomic mass is 19.1. The Morgan fingerprint density at radius 3 is 1.36 bits per heavy atom. The van der Waals surface area contributed by atoms with Crippen LogP contribution < -0.4 is 5.32 Å². The first kappa shape index (κ1) is 60.6. The van der Waals surface area contributed by atoms with Crippen LogP contribution in [-0.4, -0.2) is 137 Å². The van der Waals surface area contributed by atoms with Gasteiger partial charge in [0.1, 0.15) is 17.5 Å². The molecular weight excluding hydrogens is 1150 g/mol. The van der Waals surface area contributed by atoms with E-state index in [0.29, 0.717) is 89.9 Å².